The monoisotopic (exact) mass is 473 g/mol. The van der Waals surface area contributed by atoms with Gasteiger partial charge in [-0.25, -0.2) is 8.42 Å². The third-order valence-electron chi connectivity index (χ3n) is 4.18. The Hall–Kier alpha value is -1.68. The number of benzene rings is 1. The first-order valence-corrected chi connectivity index (χ1v) is 10.8. The van der Waals surface area contributed by atoms with Crippen molar-refractivity contribution in [1.29, 1.82) is 0 Å². The van der Waals surface area contributed by atoms with Crippen LogP contribution < -0.4 is 10.9 Å². The zero-order valence-electron chi connectivity index (χ0n) is 14.2. The second kappa shape index (κ2) is 8.14. The molecule has 0 bridgehead atoms. The van der Waals surface area contributed by atoms with Crippen molar-refractivity contribution in [3.8, 4) is 0 Å². The van der Waals surface area contributed by atoms with Crippen LogP contribution in [0.5, 0.6) is 0 Å². The second-order valence-corrected chi connectivity index (χ2v) is 9.38. The molecule has 0 radical (unpaired) electrons. The van der Waals surface area contributed by atoms with Crippen molar-refractivity contribution in [3.63, 3.8) is 0 Å². The Labute approximate surface area is 170 Å². The molecule has 2 aromatic rings. The van der Waals surface area contributed by atoms with E-state index in [0.717, 1.165) is 27.9 Å². The number of anilines is 1. The fraction of sp³-hybridized carbons (Fsp3) is 0.294. The van der Waals surface area contributed by atoms with Gasteiger partial charge in [0, 0.05) is 29.8 Å². The number of carbonyl (C=O) groups is 1. The van der Waals surface area contributed by atoms with Gasteiger partial charge in [-0.15, -0.1) is 0 Å². The molecule has 1 saturated heterocycles. The van der Waals surface area contributed by atoms with Crippen molar-refractivity contribution in [1.82, 2.24) is 8.87 Å². The molecule has 2 heterocycles. The molecule has 1 aromatic heterocycles. The minimum absolute atomic E-state index is 0.00141. The van der Waals surface area contributed by atoms with Crippen LogP contribution in [0.15, 0.2) is 50.7 Å². The van der Waals surface area contributed by atoms with Gasteiger partial charge in [0.15, 0.2) is 0 Å². The minimum atomic E-state index is -3.67. The fourth-order valence-electron chi connectivity index (χ4n) is 2.80. The molecule has 27 heavy (non-hydrogen) atoms. The van der Waals surface area contributed by atoms with E-state index in [-0.39, 0.29) is 11.4 Å². The highest BCUT2D eigenvalue weighted by atomic mass is 79.9. The minimum Gasteiger partial charge on any atom is -0.323 e. The van der Waals surface area contributed by atoms with Crippen molar-refractivity contribution in [2.45, 2.75) is 24.3 Å². The van der Waals surface area contributed by atoms with Gasteiger partial charge in [0.1, 0.15) is 6.54 Å². The van der Waals surface area contributed by atoms with Gasteiger partial charge in [-0.1, -0.05) is 27.5 Å². The van der Waals surface area contributed by atoms with Crippen LogP contribution in [0.3, 0.4) is 0 Å². The lowest BCUT2D eigenvalue weighted by Gasteiger charge is -2.16. The summed E-state index contributed by atoms with van der Waals surface area (Å²) in [6.07, 6.45) is 2.84. The molecule has 0 atom stereocenters. The summed E-state index contributed by atoms with van der Waals surface area (Å²) in [6.45, 7) is 0.600. The van der Waals surface area contributed by atoms with E-state index < -0.39 is 21.5 Å². The van der Waals surface area contributed by atoms with Crippen LogP contribution in [0, 0.1) is 0 Å². The number of hydrogen-bond donors (Lipinski definition) is 1. The first-order valence-electron chi connectivity index (χ1n) is 8.23. The Kier molecular flexibility index (Phi) is 6.05. The molecule has 144 valence electrons. The molecule has 7 nitrogen and oxygen atoms in total. The molecule has 0 saturated carbocycles. The first-order chi connectivity index (χ1) is 12.8. The molecule has 3 rings (SSSR count). The van der Waals surface area contributed by atoms with E-state index in [4.69, 9.17) is 11.6 Å². The van der Waals surface area contributed by atoms with Gasteiger partial charge in [0.05, 0.1) is 15.6 Å². The third-order valence-corrected chi connectivity index (χ3v) is 6.87. The molecule has 1 aliphatic rings. The van der Waals surface area contributed by atoms with Gasteiger partial charge in [-0.2, -0.15) is 4.31 Å². The van der Waals surface area contributed by atoms with Crippen LogP contribution in [-0.4, -0.2) is 36.3 Å². The lowest BCUT2D eigenvalue weighted by Crippen LogP contribution is -2.31. The fourth-order valence-corrected chi connectivity index (χ4v) is 5.06. The molecule has 0 unspecified atom stereocenters. The number of halogens is 2. The van der Waals surface area contributed by atoms with Crippen molar-refractivity contribution >= 4 is 49.1 Å². The molecular formula is C17H17BrClN3O4S. The average molecular weight is 475 g/mol. The number of carbonyl (C=O) groups excluding carboxylic acids is 1. The quantitative estimate of drug-likeness (QED) is 0.722. The maximum atomic E-state index is 12.6. The summed E-state index contributed by atoms with van der Waals surface area (Å²) in [5.74, 6) is -0.489. The summed E-state index contributed by atoms with van der Waals surface area (Å²) < 4.78 is 28.5. The normalized spacial score (nSPS) is 15.0. The highest BCUT2D eigenvalue weighted by Gasteiger charge is 2.27. The Morgan fingerprint density at radius 2 is 1.89 bits per heavy atom. The van der Waals surface area contributed by atoms with Crippen LogP contribution in [0.2, 0.25) is 5.02 Å². The first kappa shape index (κ1) is 20.1. The number of sulfonamides is 1. The molecule has 1 amide bonds. The van der Waals surface area contributed by atoms with Crippen LogP contribution in [0.25, 0.3) is 0 Å². The predicted molar refractivity (Wildman–Crippen MR) is 106 cm³/mol. The largest absolute Gasteiger partial charge is 0.323 e. The zero-order valence-corrected chi connectivity index (χ0v) is 17.3. The van der Waals surface area contributed by atoms with E-state index in [1.165, 1.54) is 16.6 Å². The predicted octanol–water partition coefficient (Wildman–Crippen LogP) is 2.69. The van der Waals surface area contributed by atoms with Gasteiger partial charge >= 0.3 is 0 Å². The van der Waals surface area contributed by atoms with E-state index >= 15 is 0 Å². The summed E-state index contributed by atoms with van der Waals surface area (Å²) in [6, 6.07) is 7.41. The van der Waals surface area contributed by atoms with E-state index in [1.54, 1.807) is 18.2 Å². The van der Waals surface area contributed by atoms with Crippen molar-refractivity contribution in [2.24, 2.45) is 0 Å². The van der Waals surface area contributed by atoms with Gasteiger partial charge < -0.3 is 9.88 Å². The molecule has 0 spiro atoms. The molecule has 1 aliphatic heterocycles. The SMILES string of the molecule is O=C(Cn1cc(S(=O)(=O)N2CCCC2)ccc1=O)Nc1ccc(Br)cc1Cl. The molecule has 0 aliphatic carbocycles. The molecule has 1 fully saturated rings. The zero-order chi connectivity index (χ0) is 19.6. The lowest BCUT2D eigenvalue weighted by atomic mass is 10.3. The van der Waals surface area contributed by atoms with Gasteiger partial charge in [0.2, 0.25) is 15.9 Å². The van der Waals surface area contributed by atoms with Gasteiger partial charge in [-0.05, 0) is 37.1 Å². The number of nitrogens with zero attached hydrogens (tertiary/aromatic N) is 2. The van der Waals surface area contributed by atoms with Crippen LogP contribution in [0.1, 0.15) is 12.8 Å². The number of amides is 1. The summed E-state index contributed by atoms with van der Waals surface area (Å²) in [4.78, 5) is 24.3. The third kappa shape index (κ3) is 4.60. The van der Waals surface area contributed by atoms with E-state index in [2.05, 4.69) is 21.2 Å². The highest BCUT2D eigenvalue weighted by molar-refractivity contribution is 9.10. The van der Waals surface area contributed by atoms with Gasteiger partial charge in [-0.3, -0.25) is 9.59 Å². The van der Waals surface area contributed by atoms with Crippen molar-refractivity contribution in [3.05, 3.63) is 56.4 Å². The van der Waals surface area contributed by atoms with E-state index in [0.29, 0.717) is 23.8 Å². The summed E-state index contributed by atoms with van der Waals surface area (Å²) in [7, 11) is -3.67. The maximum absolute atomic E-state index is 12.6. The standard InChI is InChI=1S/C17H17BrClN3O4S/c18-12-3-5-15(14(19)9-12)20-16(23)11-21-10-13(4-6-17(21)24)27(25,26)22-7-1-2-8-22/h3-6,9-10H,1-2,7-8,11H2,(H,20,23). The number of nitrogens with one attached hydrogen (secondary N) is 1. The molecule has 1 N–H and O–H groups in total. The molecule has 10 heteroatoms. The second-order valence-electron chi connectivity index (χ2n) is 6.11. The number of pyridine rings is 1. The summed E-state index contributed by atoms with van der Waals surface area (Å²) in [5.41, 5.74) is -0.0637. The molecule has 1 aromatic carbocycles. The van der Waals surface area contributed by atoms with Crippen molar-refractivity contribution in [2.75, 3.05) is 18.4 Å². The summed E-state index contributed by atoms with van der Waals surface area (Å²) in [5, 5.41) is 2.96. The molecular weight excluding hydrogens is 458 g/mol. The Balaban J connectivity index is 1.80. The summed E-state index contributed by atoms with van der Waals surface area (Å²) >= 11 is 9.34. The Morgan fingerprint density at radius 3 is 2.56 bits per heavy atom. The van der Waals surface area contributed by atoms with Crippen LogP contribution in [-0.2, 0) is 21.4 Å². The number of rotatable bonds is 5. The van der Waals surface area contributed by atoms with Gasteiger partial charge in [0.25, 0.3) is 5.56 Å². The van der Waals surface area contributed by atoms with E-state index in [1.807, 2.05) is 0 Å². The average Bonchev–Trinajstić information content (AvgIpc) is 3.15. The highest BCUT2D eigenvalue weighted by Crippen LogP contribution is 2.25. The maximum Gasteiger partial charge on any atom is 0.251 e. The lowest BCUT2D eigenvalue weighted by molar-refractivity contribution is -0.116. The van der Waals surface area contributed by atoms with Crippen molar-refractivity contribution < 1.29 is 13.2 Å². The number of hydrogen-bond acceptors (Lipinski definition) is 4. The Morgan fingerprint density at radius 1 is 1.19 bits per heavy atom. The smallest absolute Gasteiger partial charge is 0.251 e. The van der Waals surface area contributed by atoms with Crippen LogP contribution >= 0.6 is 27.5 Å². The Bertz CT molecular complexity index is 1030. The van der Waals surface area contributed by atoms with E-state index in [9.17, 15) is 18.0 Å². The topological polar surface area (TPSA) is 88.5 Å². The number of aromatic nitrogens is 1. The van der Waals surface area contributed by atoms with Crippen LogP contribution in [0.4, 0.5) is 5.69 Å².